The van der Waals surface area contributed by atoms with Crippen molar-refractivity contribution in [1.82, 2.24) is 4.98 Å². The third kappa shape index (κ3) is 3.66. The quantitative estimate of drug-likeness (QED) is 0.573. The molecule has 0 saturated heterocycles. The molecule has 0 radical (unpaired) electrons. The zero-order chi connectivity index (χ0) is 22.1. The topological polar surface area (TPSA) is 84.0 Å². The van der Waals surface area contributed by atoms with Crippen LogP contribution in [-0.2, 0) is 20.7 Å². The van der Waals surface area contributed by atoms with Crippen molar-refractivity contribution < 1.29 is 28.5 Å². The largest absolute Gasteiger partial charge is 0.466 e. The first-order valence-electron chi connectivity index (χ1n) is 10.4. The molecule has 5 rings (SSSR count). The van der Waals surface area contributed by atoms with Gasteiger partial charge in [-0.15, -0.1) is 0 Å². The number of allylic oxidation sites excluding steroid dienone is 1. The second-order valence-corrected chi connectivity index (χ2v) is 7.62. The van der Waals surface area contributed by atoms with E-state index >= 15 is 0 Å². The Hall–Kier alpha value is -3.87. The molecule has 3 aromatic rings. The number of carbonyl (C=O) groups excluding carboxylic acids is 2. The molecular weight excluding hydrogens is 410 g/mol. The molecule has 0 saturated carbocycles. The molecule has 7 heteroatoms. The highest BCUT2D eigenvalue weighted by Gasteiger charge is 2.26. The number of aromatic nitrogens is 1. The fraction of sp³-hybridized carbons (Fsp3) is 0.240. The van der Waals surface area contributed by atoms with E-state index in [0.717, 1.165) is 41.0 Å². The highest BCUT2D eigenvalue weighted by molar-refractivity contribution is 6.07. The van der Waals surface area contributed by atoms with Crippen LogP contribution in [0.3, 0.4) is 0 Å². The van der Waals surface area contributed by atoms with Crippen LogP contribution in [0.4, 0.5) is 0 Å². The lowest BCUT2D eigenvalue weighted by atomic mass is 9.86. The summed E-state index contributed by atoms with van der Waals surface area (Å²) in [6.45, 7) is -0.205. The van der Waals surface area contributed by atoms with Crippen molar-refractivity contribution in [2.45, 2.75) is 19.3 Å². The molecule has 0 amide bonds. The number of methoxy groups -OCH3 is 1. The predicted octanol–water partition coefficient (Wildman–Crippen LogP) is 4.17. The van der Waals surface area contributed by atoms with Gasteiger partial charge in [0.2, 0.25) is 6.79 Å². The molecule has 2 aliphatic rings. The summed E-state index contributed by atoms with van der Waals surface area (Å²) < 4.78 is 20.8. The summed E-state index contributed by atoms with van der Waals surface area (Å²) in [5.74, 6) is 0.299. The molecule has 32 heavy (non-hydrogen) atoms. The molecule has 1 aliphatic carbocycles. The number of nitrogens with zero attached hydrogens (tertiary/aromatic N) is 1. The van der Waals surface area contributed by atoms with E-state index in [2.05, 4.69) is 10.8 Å². The molecule has 0 N–H and O–H groups in total. The Labute approximate surface area is 184 Å². The zero-order valence-corrected chi connectivity index (χ0v) is 17.6. The van der Waals surface area contributed by atoms with Gasteiger partial charge in [-0.2, -0.15) is 0 Å². The summed E-state index contributed by atoms with van der Waals surface area (Å²) in [4.78, 5) is 29.4. The SMILES string of the molecule is COC(=O)COC(=O)c1c2c(nc3ccccc13)/C(=C/c1ccc3c(c1)OCO3)CCC2. The minimum atomic E-state index is -0.603. The molecule has 0 bridgehead atoms. The van der Waals surface area contributed by atoms with E-state index in [4.69, 9.17) is 19.2 Å². The van der Waals surface area contributed by atoms with Crippen molar-refractivity contribution in [2.24, 2.45) is 0 Å². The molecule has 1 aromatic heterocycles. The minimum Gasteiger partial charge on any atom is -0.466 e. The van der Waals surface area contributed by atoms with Crippen LogP contribution in [0.1, 0.15) is 40.0 Å². The molecule has 0 fully saturated rings. The smallest absolute Gasteiger partial charge is 0.344 e. The molecule has 7 nitrogen and oxygen atoms in total. The van der Waals surface area contributed by atoms with Gasteiger partial charge < -0.3 is 18.9 Å². The molecule has 0 unspecified atom stereocenters. The van der Waals surface area contributed by atoms with Gasteiger partial charge in [-0.25, -0.2) is 14.6 Å². The second-order valence-electron chi connectivity index (χ2n) is 7.62. The monoisotopic (exact) mass is 431 g/mol. The third-order valence-electron chi connectivity index (χ3n) is 5.66. The third-order valence-corrected chi connectivity index (χ3v) is 5.66. The minimum absolute atomic E-state index is 0.225. The van der Waals surface area contributed by atoms with Crippen LogP contribution >= 0.6 is 0 Å². The lowest BCUT2D eigenvalue weighted by Crippen LogP contribution is -2.19. The molecule has 0 atom stereocenters. The van der Waals surface area contributed by atoms with Crippen molar-refractivity contribution in [3.05, 3.63) is 64.8 Å². The first kappa shape index (κ1) is 20.1. The zero-order valence-electron chi connectivity index (χ0n) is 17.6. The lowest BCUT2D eigenvalue weighted by molar-refractivity contribution is -0.144. The van der Waals surface area contributed by atoms with Crippen molar-refractivity contribution in [2.75, 3.05) is 20.5 Å². The second kappa shape index (κ2) is 8.34. The van der Waals surface area contributed by atoms with Gasteiger partial charge in [0.25, 0.3) is 0 Å². The summed E-state index contributed by atoms with van der Waals surface area (Å²) in [5.41, 5.74) is 4.81. The summed E-state index contributed by atoms with van der Waals surface area (Å²) in [7, 11) is 1.26. The average molecular weight is 431 g/mol. The van der Waals surface area contributed by atoms with Crippen LogP contribution in [0.5, 0.6) is 11.5 Å². The maximum Gasteiger partial charge on any atom is 0.344 e. The lowest BCUT2D eigenvalue weighted by Gasteiger charge is -2.22. The molecular formula is C25H21NO6. The number of para-hydroxylation sites is 1. The van der Waals surface area contributed by atoms with Crippen molar-refractivity contribution in [1.29, 1.82) is 0 Å². The van der Waals surface area contributed by atoms with Crippen molar-refractivity contribution >= 4 is 34.5 Å². The number of carbonyl (C=O) groups is 2. The summed E-state index contributed by atoms with van der Waals surface area (Å²) in [6.07, 6.45) is 4.49. The number of rotatable bonds is 4. The van der Waals surface area contributed by atoms with Crippen LogP contribution in [0.15, 0.2) is 42.5 Å². The van der Waals surface area contributed by atoms with E-state index in [-0.39, 0.29) is 6.79 Å². The first-order valence-corrected chi connectivity index (χ1v) is 10.4. The van der Waals surface area contributed by atoms with Crippen LogP contribution in [0.2, 0.25) is 0 Å². The van der Waals surface area contributed by atoms with E-state index in [9.17, 15) is 9.59 Å². The number of hydrogen-bond acceptors (Lipinski definition) is 7. The standard InChI is InChI=1S/C25H21NO6/c1-29-22(27)13-30-25(28)23-17-6-2-3-8-19(17)26-24-16(5-4-7-18(23)24)11-15-9-10-20-21(12-15)32-14-31-20/h2-3,6,8-12H,4-5,7,13-14H2,1H3/b16-11+. The Morgan fingerprint density at radius 3 is 2.81 bits per heavy atom. The Morgan fingerprint density at radius 2 is 1.94 bits per heavy atom. The van der Waals surface area contributed by atoms with Gasteiger partial charge in [0.05, 0.1) is 23.9 Å². The van der Waals surface area contributed by atoms with Gasteiger partial charge in [-0.05, 0) is 60.2 Å². The highest BCUT2D eigenvalue weighted by atomic mass is 16.7. The number of ether oxygens (including phenoxy) is 4. The van der Waals surface area contributed by atoms with Crippen LogP contribution in [0, 0.1) is 0 Å². The average Bonchev–Trinajstić information content (AvgIpc) is 3.29. The van der Waals surface area contributed by atoms with Crippen LogP contribution in [0.25, 0.3) is 22.6 Å². The maximum absolute atomic E-state index is 13.0. The Balaban J connectivity index is 1.60. The number of benzene rings is 2. The summed E-state index contributed by atoms with van der Waals surface area (Å²) in [6, 6.07) is 13.3. The fourth-order valence-corrected chi connectivity index (χ4v) is 4.17. The van der Waals surface area contributed by atoms with Gasteiger partial charge in [-0.1, -0.05) is 24.3 Å². The van der Waals surface area contributed by atoms with Gasteiger partial charge >= 0.3 is 11.9 Å². The predicted molar refractivity (Wildman–Crippen MR) is 117 cm³/mol. The van der Waals surface area contributed by atoms with Gasteiger partial charge in [-0.3, -0.25) is 0 Å². The van der Waals surface area contributed by atoms with Crippen molar-refractivity contribution in [3.8, 4) is 11.5 Å². The summed E-state index contributed by atoms with van der Waals surface area (Å²) in [5, 5.41) is 0.713. The van der Waals surface area contributed by atoms with E-state index in [1.54, 1.807) is 0 Å². The highest BCUT2D eigenvalue weighted by Crippen LogP contribution is 2.38. The van der Waals surface area contributed by atoms with Crippen molar-refractivity contribution in [3.63, 3.8) is 0 Å². The Morgan fingerprint density at radius 1 is 1.09 bits per heavy atom. The van der Waals surface area contributed by atoms with E-state index in [0.29, 0.717) is 28.6 Å². The van der Waals surface area contributed by atoms with Crippen LogP contribution in [-0.4, -0.2) is 37.4 Å². The molecule has 2 heterocycles. The molecule has 2 aromatic carbocycles. The van der Waals surface area contributed by atoms with Gasteiger partial charge in [0, 0.05) is 5.39 Å². The molecule has 0 spiro atoms. The van der Waals surface area contributed by atoms with Gasteiger partial charge in [0.15, 0.2) is 18.1 Å². The fourth-order valence-electron chi connectivity index (χ4n) is 4.17. The number of pyridine rings is 1. The van der Waals surface area contributed by atoms with Crippen LogP contribution < -0.4 is 9.47 Å². The summed E-state index contributed by atoms with van der Waals surface area (Å²) >= 11 is 0. The molecule has 1 aliphatic heterocycles. The van der Waals surface area contributed by atoms with E-state index < -0.39 is 18.5 Å². The maximum atomic E-state index is 13.0. The first-order chi connectivity index (χ1) is 15.6. The number of fused-ring (bicyclic) bond motifs is 3. The Kier molecular flexibility index (Phi) is 5.23. The number of hydrogen-bond donors (Lipinski definition) is 0. The normalized spacial score (nSPS) is 15.5. The Bertz CT molecular complexity index is 1260. The van der Waals surface area contributed by atoms with Gasteiger partial charge in [0.1, 0.15) is 0 Å². The number of esters is 2. The van der Waals surface area contributed by atoms with E-state index in [1.807, 2.05) is 42.5 Å². The van der Waals surface area contributed by atoms with E-state index in [1.165, 1.54) is 7.11 Å². The molecule has 162 valence electrons.